The summed E-state index contributed by atoms with van der Waals surface area (Å²) in [4.78, 5) is 36.1. The fourth-order valence-electron chi connectivity index (χ4n) is 3.95. The van der Waals surface area contributed by atoms with Gasteiger partial charge in [0.15, 0.2) is 0 Å². The molecule has 0 radical (unpaired) electrons. The van der Waals surface area contributed by atoms with Crippen LogP contribution in [-0.4, -0.2) is 30.1 Å². The smallest absolute Gasteiger partial charge is 0.310 e. The van der Waals surface area contributed by atoms with Crippen molar-refractivity contribution in [2.24, 2.45) is 11.8 Å². The Labute approximate surface area is 144 Å². The molecule has 132 valence electrons. The van der Waals surface area contributed by atoms with Gasteiger partial charge in [0, 0.05) is 23.5 Å². The topological polar surface area (TPSA) is 95.7 Å². The van der Waals surface area contributed by atoms with Gasteiger partial charge in [-0.25, -0.2) is 0 Å². The van der Waals surface area contributed by atoms with E-state index in [-0.39, 0.29) is 18.9 Å². The van der Waals surface area contributed by atoms with E-state index in [1.54, 1.807) is 32.1 Å². The van der Waals surface area contributed by atoms with E-state index in [0.29, 0.717) is 11.1 Å². The maximum absolute atomic E-state index is 12.6. The van der Waals surface area contributed by atoms with Crippen LogP contribution in [0.4, 0.5) is 5.69 Å². The Balaban J connectivity index is 2.15. The first-order valence-electron chi connectivity index (χ1n) is 8.30. The molecule has 0 aromatic heterocycles. The summed E-state index contributed by atoms with van der Waals surface area (Å²) < 4.78 is 10.3. The van der Waals surface area contributed by atoms with Crippen molar-refractivity contribution >= 4 is 17.6 Å². The van der Waals surface area contributed by atoms with E-state index in [0.717, 1.165) is 0 Å². The minimum Gasteiger partial charge on any atom is -0.466 e. The molecule has 0 saturated heterocycles. The fourth-order valence-corrected chi connectivity index (χ4v) is 3.95. The van der Waals surface area contributed by atoms with E-state index in [9.17, 15) is 19.7 Å². The number of esters is 2. The summed E-state index contributed by atoms with van der Waals surface area (Å²) in [7, 11) is 0. The number of rotatable bonds is 5. The van der Waals surface area contributed by atoms with Crippen LogP contribution in [0.3, 0.4) is 0 Å². The number of carbonyl (C=O) groups excluding carboxylic acids is 2. The highest BCUT2D eigenvalue weighted by atomic mass is 16.6. The summed E-state index contributed by atoms with van der Waals surface area (Å²) >= 11 is 0. The van der Waals surface area contributed by atoms with Crippen LogP contribution in [0.2, 0.25) is 0 Å². The lowest BCUT2D eigenvalue weighted by molar-refractivity contribution is -0.385. The number of allylic oxidation sites excluding steroid dienone is 2. The minimum absolute atomic E-state index is 0.0338. The lowest BCUT2D eigenvalue weighted by atomic mass is 9.59. The van der Waals surface area contributed by atoms with Crippen molar-refractivity contribution in [1.82, 2.24) is 0 Å². The number of nitrogens with zero attached hydrogens (tertiary/aromatic N) is 1. The van der Waals surface area contributed by atoms with Crippen LogP contribution in [0.1, 0.15) is 36.8 Å². The molecule has 0 N–H and O–H groups in total. The Morgan fingerprint density at radius 1 is 1.04 bits per heavy atom. The van der Waals surface area contributed by atoms with Crippen LogP contribution in [0.25, 0.3) is 0 Å². The van der Waals surface area contributed by atoms with Gasteiger partial charge in [0.1, 0.15) is 0 Å². The standard InChI is InChI=1S/C18H19NO6/c1-3-24-17(20)15-11-8-9-12(16(15)18(21)25-4-2)14-10(11)6-5-7-13(14)19(22)23/h5-9,11-12,15-16H,3-4H2,1-2H3/t11-,12-,15-,16+/m0/s1. The highest BCUT2D eigenvalue weighted by Crippen LogP contribution is 2.55. The van der Waals surface area contributed by atoms with Crippen molar-refractivity contribution in [3.05, 3.63) is 51.6 Å². The average molecular weight is 345 g/mol. The van der Waals surface area contributed by atoms with Gasteiger partial charge in [-0.2, -0.15) is 0 Å². The quantitative estimate of drug-likeness (QED) is 0.352. The second-order valence-corrected chi connectivity index (χ2v) is 6.03. The molecule has 3 aliphatic rings. The van der Waals surface area contributed by atoms with E-state index in [1.807, 2.05) is 6.08 Å². The van der Waals surface area contributed by atoms with Gasteiger partial charge in [-0.05, 0) is 19.4 Å². The van der Waals surface area contributed by atoms with E-state index in [4.69, 9.17) is 9.47 Å². The number of hydrogen-bond donors (Lipinski definition) is 0. The van der Waals surface area contributed by atoms with Gasteiger partial charge in [-0.3, -0.25) is 19.7 Å². The van der Waals surface area contributed by atoms with Gasteiger partial charge in [-0.15, -0.1) is 0 Å². The molecule has 4 atom stereocenters. The molecule has 1 aromatic carbocycles. The molecule has 0 saturated carbocycles. The first kappa shape index (κ1) is 17.1. The van der Waals surface area contributed by atoms with E-state index < -0.39 is 40.5 Å². The summed E-state index contributed by atoms with van der Waals surface area (Å²) in [5.74, 6) is -3.56. The molecular formula is C18H19NO6. The van der Waals surface area contributed by atoms with Gasteiger partial charge in [-0.1, -0.05) is 24.3 Å². The second kappa shape index (κ2) is 6.66. The molecule has 2 bridgehead atoms. The SMILES string of the molecule is CCOC(=O)[C@@H]1[C@H](C(=O)OCC)[C@H]2C=C[C@H]1c1cccc([N+](=O)[O-])c12. The Hall–Kier alpha value is -2.70. The third-order valence-corrected chi connectivity index (χ3v) is 4.81. The summed E-state index contributed by atoms with van der Waals surface area (Å²) in [5, 5.41) is 11.4. The number of fused-ring (bicyclic) bond motifs is 1. The molecule has 0 amide bonds. The zero-order valence-electron chi connectivity index (χ0n) is 14.0. The van der Waals surface area contributed by atoms with Gasteiger partial charge < -0.3 is 9.47 Å². The number of hydrogen-bond acceptors (Lipinski definition) is 6. The number of benzene rings is 1. The van der Waals surface area contributed by atoms with Crippen LogP contribution in [0, 0.1) is 22.0 Å². The molecule has 7 heteroatoms. The predicted molar refractivity (Wildman–Crippen MR) is 88.0 cm³/mol. The summed E-state index contributed by atoms with van der Waals surface area (Å²) in [6.07, 6.45) is 3.62. The second-order valence-electron chi connectivity index (χ2n) is 6.03. The maximum Gasteiger partial charge on any atom is 0.310 e. The molecule has 1 aromatic rings. The van der Waals surface area contributed by atoms with Crippen molar-refractivity contribution < 1.29 is 24.0 Å². The third kappa shape index (κ3) is 2.69. The van der Waals surface area contributed by atoms with Gasteiger partial charge in [0.25, 0.3) is 5.69 Å². The normalized spacial score (nSPS) is 26.0. The Morgan fingerprint density at radius 2 is 1.60 bits per heavy atom. The minimum atomic E-state index is -0.817. The molecule has 0 spiro atoms. The molecule has 3 aliphatic carbocycles. The first-order valence-corrected chi connectivity index (χ1v) is 8.30. The highest BCUT2D eigenvalue weighted by molar-refractivity contribution is 5.87. The monoisotopic (exact) mass is 345 g/mol. The third-order valence-electron chi connectivity index (χ3n) is 4.81. The molecule has 0 fully saturated rings. The molecule has 0 aliphatic heterocycles. The van der Waals surface area contributed by atoms with Crippen LogP contribution in [0.15, 0.2) is 30.4 Å². The number of ether oxygens (including phenoxy) is 2. The molecule has 0 heterocycles. The first-order chi connectivity index (χ1) is 12.0. The molecule has 0 unspecified atom stereocenters. The van der Waals surface area contributed by atoms with Crippen LogP contribution >= 0.6 is 0 Å². The number of carbonyl (C=O) groups is 2. The van der Waals surface area contributed by atoms with Crippen LogP contribution in [0.5, 0.6) is 0 Å². The van der Waals surface area contributed by atoms with Crippen LogP contribution < -0.4 is 0 Å². The van der Waals surface area contributed by atoms with Gasteiger partial charge in [0.2, 0.25) is 0 Å². The van der Waals surface area contributed by atoms with Crippen molar-refractivity contribution in [3.63, 3.8) is 0 Å². The zero-order chi connectivity index (χ0) is 18.1. The summed E-state index contributed by atoms with van der Waals surface area (Å²) in [6, 6.07) is 4.80. The van der Waals surface area contributed by atoms with Gasteiger partial charge in [0.05, 0.1) is 30.0 Å². The van der Waals surface area contributed by atoms with Crippen LogP contribution in [-0.2, 0) is 19.1 Å². The Kier molecular flexibility index (Phi) is 4.57. The largest absolute Gasteiger partial charge is 0.466 e. The highest BCUT2D eigenvalue weighted by Gasteiger charge is 2.54. The molecule has 25 heavy (non-hydrogen) atoms. The van der Waals surface area contributed by atoms with E-state index >= 15 is 0 Å². The lowest BCUT2D eigenvalue weighted by Gasteiger charge is -2.43. The Bertz CT molecular complexity index is 756. The van der Waals surface area contributed by atoms with Crippen molar-refractivity contribution in [2.45, 2.75) is 25.7 Å². The summed E-state index contributed by atoms with van der Waals surface area (Å²) in [5.41, 5.74) is 1.17. The predicted octanol–water partition coefficient (Wildman–Crippen LogP) is 2.70. The number of nitro groups is 1. The molecule has 7 nitrogen and oxygen atoms in total. The van der Waals surface area contributed by atoms with E-state index in [2.05, 4.69) is 0 Å². The number of nitro benzene ring substituents is 1. The summed E-state index contributed by atoms with van der Waals surface area (Å²) in [6.45, 7) is 3.76. The van der Waals surface area contributed by atoms with Gasteiger partial charge >= 0.3 is 11.9 Å². The van der Waals surface area contributed by atoms with Crippen molar-refractivity contribution in [1.29, 1.82) is 0 Å². The lowest BCUT2D eigenvalue weighted by Crippen LogP contribution is -2.45. The zero-order valence-corrected chi connectivity index (χ0v) is 14.0. The molecular weight excluding hydrogens is 326 g/mol. The van der Waals surface area contributed by atoms with E-state index in [1.165, 1.54) is 6.07 Å². The van der Waals surface area contributed by atoms with Crippen molar-refractivity contribution in [2.75, 3.05) is 13.2 Å². The fraction of sp³-hybridized carbons (Fsp3) is 0.444. The van der Waals surface area contributed by atoms with Crippen molar-refractivity contribution in [3.8, 4) is 0 Å². The average Bonchev–Trinajstić information content (AvgIpc) is 2.61. The molecule has 4 rings (SSSR count). The Morgan fingerprint density at radius 3 is 2.16 bits per heavy atom. The maximum atomic E-state index is 12.6.